The monoisotopic (exact) mass is 523 g/mol. The minimum Gasteiger partial charge on any atom is -0.405 e. The molecule has 20 heteroatoms. The van der Waals surface area contributed by atoms with Crippen molar-refractivity contribution in [3.63, 3.8) is 0 Å². The lowest BCUT2D eigenvalue weighted by Crippen LogP contribution is -2.34. The molecule has 0 spiro atoms. The number of hydrogen-bond acceptors (Lipinski definition) is 11. The molecule has 5 unspecified atom stereocenters. The number of aliphatic hydroxyl groups is 1. The summed E-state index contributed by atoms with van der Waals surface area (Å²) in [4.78, 5) is 61.5. The highest BCUT2D eigenvalue weighted by Gasteiger charge is 2.43. The van der Waals surface area contributed by atoms with Gasteiger partial charge in [-0.3, -0.25) is 18.9 Å². The van der Waals surface area contributed by atoms with E-state index in [0.717, 1.165) is 4.57 Å². The van der Waals surface area contributed by atoms with Gasteiger partial charge in [0.15, 0.2) is 0 Å². The summed E-state index contributed by atoms with van der Waals surface area (Å²) < 4.78 is 51.6. The van der Waals surface area contributed by atoms with E-state index in [4.69, 9.17) is 25.2 Å². The number of nitrogens with two attached hydrogens (primary N) is 1. The standard InChI is InChI=1S/C12H20N3O14P3/c13-3-1-2-7-5-15(12(18)14-11(7)17)10-4-8(16)9(27-10)6-26-31(22,23)29-32(24,25)28-30(19,20)21/h1,3,5,8-10,16H,2,4,6,13H2,(H,22,23)(H,24,25)(H,14,17,18)(H2,19,20,21)/b3-1+. The third-order valence-corrected chi connectivity index (χ3v) is 7.65. The zero-order chi connectivity index (χ0) is 24.3. The van der Waals surface area contributed by atoms with Gasteiger partial charge in [-0.2, -0.15) is 8.62 Å². The van der Waals surface area contributed by atoms with E-state index in [9.17, 15) is 33.3 Å². The Balaban J connectivity index is 2.07. The number of aromatic nitrogens is 2. The SMILES string of the molecule is N/C=C/Cc1cn(C2CC(O)C(COP(=O)(O)OP(=O)(O)OP(=O)(O)O)O2)c(=O)[nH]c1=O. The number of phosphoric acid groups is 3. The van der Waals surface area contributed by atoms with Crippen LogP contribution in [0.15, 0.2) is 28.1 Å². The molecule has 1 aromatic heterocycles. The fourth-order valence-corrected chi connectivity index (χ4v) is 5.62. The maximum Gasteiger partial charge on any atom is 0.490 e. The van der Waals surface area contributed by atoms with Crippen LogP contribution in [0.25, 0.3) is 0 Å². The first-order valence-electron chi connectivity index (χ1n) is 8.45. The minimum absolute atomic E-state index is 0.0941. The number of aromatic amines is 1. The average molecular weight is 523 g/mol. The second-order valence-corrected chi connectivity index (χ2v) is 10.7. The summed E-state index contributed by atoms with van der Waals surface area (Å²) in [6, 6.07) is 0. The van der Waals surface area contributed by atoms with Gasteiger partial charge in [0, 0.05) is 18.2 Å². The molecule has 2 rings (SSSR count). The van der Waals surface area contributed by atoms with Crippen molar-refractivity contribution in [2.45, 2.75) is 31.3 Å². The zero-order valence-corrected chi connectivity index (χ0v) is 18.5. The number of allylic oxidation sites excluding steroid dienone is 1. The molecule has 32 heavy (non-hydrogen) atoms. The fraction of sp³-hybridized carbons (Fsp3) is 0.500. The molecule has 1 aromatic rings. The van der Waals surface area contributed by atoms with Crippen molar-refractivity contribution in [3.05, 3.63) is 44.9 Å². The summed E-state index contributed by atoms with van der Waals surface area (Å²) in [7, 11) is -16.7. The molecule has 0 aromatic carbocycles. The molecule has 1 aliphatic rings. The minimum atomic E-state index is -5.70. The van der Waals surface area contributed by atoms with Crippen LogP contribution in [0.3, 0.4) is 0 Å². The van der Waals surface area contributed by atoms with Crippen molar-refractivity contribution >= 4 is 23.5 Å². The summed E-state index contributed by atoms with van der Waals surface area (Å²) in [6.45, 7) is -0.901. The van der Waals surface area contributed by atoms with Crippen molar-refractivity contribution < 1.29 is 56.3 Å². The van der Waals surface area contributed by atoms with E-state index in [-0.39, 0.29) is 18.4 Å². The highest BCUT2D eigenvalue weighted by Crippen LogP contribution is 2.66. The van der Waals surface area contributed by atoms with Gasteiger partial charge in [0.2, 0.25) is 0 Å². The second kappa shape index (κ2) is 10.2. The van der Waals surface area contributed by atoms with Crippen molar-refractivity contribution in [2.75, 3.05) is 6.61 Å². The number of aliphatic hydroxyl groups excluding tert-OH is 1. The number of nitrogens with one attached hydrogen (secondary N) is 1. The topological polar surface area (TPSA) is 270 Å². The van der Waals surface area contributed by atoms with Gasteiger partial charge in [0.05, 0.1) is 12.7 Å². The van der Waals surface area contributed by atoms with Crippen LogP contribution < -0.4 is 17.0 Å². The van der Waals surface area contributed by atoms with Crippen LogP contribution >= 0.6 is 23.5 Å². The Kier molecular flexibility index (Phi) is 8.56. The van der Waals surface area contributed by atoms with Gasteiger partial charge in [-0.05, 0) is 12.6 Å². The number of H-pyrrole nitrogens is 1. The molecular weight excluding hydrogens is 503 g/mol. The molecule has 1 aliphatic heterocycles. The van der Waals surface area contributed by atoms with Crippen molar-refractivity contribution in [2.24, 2.45) is 5.73 Å². The number of phosphoric ester groups is 1. The van der Waals surface area contributed by atoms with Gasteiger partial charge in [0.1, 0.15) is 12.3 Å². The largest absolute Gasteiger partial charge is 0.490 e. The molecule has 0 saturated carbocycles. The van der Waals surface area contributed by atoms with E-state index in [0.29, 0.717) is 0 Å². The third-order valence-electron chi connectivity index (χ3n) is 3.85. The number of ether oxygens (including phenoxy) is 1. The third kappa shape index (κ3) is 7.85. The smallest absolute Gasteiger partial charge is 0.405 e. The van der Waals surface area contributed by atoms with Crippen LogP contribution in [-0.2, 0) is 38.0 Å². The van der Waals surface area contributed by atoms with Gasteiger partial charge in [-0.1, -0.05) is 6.08 Å². The Hall–Kier alpha value is -1.45. The molecule has 2 heterocycles. The van der Waals surface area contributed by atoms with E-state index in [1.54, 1.807) is 0 Å². The normalized spacial score (nSPS) is 25.6. The Morgan fingerprint density at radius 2 is 1.84 bits per heavy atom. The number of nitrogens with zero attached hydrogens (tertiary/aromatic N) is 1. The average Bonchev–Trinajstić information content (AvgIpc) is 2.97. The Labute approximate surface area is 178 Å². The molecule has 0 aliphatic carbocycles. The molecule has 5 atom stereocenters. The molecular formula is C12H20N3O14P3. The fourth-order valence-electron chi connectivity index (χ4n) is 2.59. The molecule has 17 nitrogen and oxygen atoms in total. The van der Waals surface area contributed by atoms with Crippen molar-refractivity contribution in [1.29, 1.82) is 0 Å². The van der Waals surface area contributed by atoms with Crippen molar-refractivity contribution in [1.82, 2.24) is 9.55 Å². The molecule has 0 bridgehead atoms. The summed E-state index contributed by atoms with van der Waals surface area (Å²) in [5.41, 5.74) is 3.86. The summed E-state index contributed by atoms with van der Waals surface area (Å²) in [5, 5.41) is 10.1. The maximum absolute atomic E-state index is 12.1. The highest BCUT2D eigenvalue weighted by molar-refractivity contribution is 7.66. The lowest BCUT2D eigenvalue weighted by molar-refractivity contribution is -0.0450. The predicted octanol–water partition coefficient (Wildman–Crippen LogP) is -1.46. The predicted molar refractivity (Wildman–Crippen MR) is 103 cm³/mol. The van der Waals surface area contributed by atoms with Gasteiger partial charge < -0.3 is 35.2 Å². The van der Waals surface area contributed by atoms with Gasteiger partial charge in [0.25, 0.3) is 5.56 Å². The summed E-state index contributed by atoms with van der Waals surface area (Å²) in [5.74, 6) is 0. The first-order valence-corrected chi connectivity index (χ1v) is 13.0. The molecule has 0 amide bonds. The van der Waals surface area contributed by atoms with Gasteiger partial charge in [-0.25, -0.2) is 18.5 Å². The zero-order valence-electron chi connectivity index (χ0n) is 15.9. The number of hydrogen-bond donors (Lipinski definition) is 7. The second-order valence-electron chi connectivity index (χ2n) is 6.27. The van der Waals surface area contributed by atoms with Crippen LogP contribution in [0.5, 0.6) is 0 Å². The van der Waals surface area contributed by atoms with Crippen LogP contribution in [0, 0.1) is 0 Å². The van der Waals surface area contributed by atoms with Gasteiger partial charge in [-0.15, -0.1) is 0 Å². The highest BCUT2D eigenvalue weighted by atomic mass is 31.3. The molecule has 0 radical (unpaired) electrons. The summed E-state index contributed by atoms with van der Waals surface area (Å²) in [6.07, 6.45) is -0.0828. The van der Waals surface area contributed by atoms with E-state index in [1.807, 2.05) is 0 Å². The van der Waals surface area contributed by atoms with Gasteiger partial charge >= 0.3 is 29.2 Å². The van der Waals surface area contributed by atoms with Crippen LogP contribution in [0.1, 0.15) is 18.2 Å². The first kappa shape index (κ1) is 26.8. The van der Waals surface area contributed by atoms with Crippen LogP contribution in [-0.4, -0.2) is 53.0 Å². The van der Waals surface area contributed by atoms with Crippen LogP contribution in [0.2, 0.25) is 0 Å². The van der Waals surface area contributed by atoms with Crippen molar-refractivity contribution in [3.8, 4) is 0 Å². The number of rotatable bonds is 10. The molecule has 182 valence electrons. The quantitative estimate of drug-likeness (QED) is 0.173. The summed E-state index contributed by atoms with van der Waals surface area (Å²) >= 11 is 0. The van der Waals surface area contributed by atoms with Crippen LogP contribution in [0.4, 0.5) is 0 Å². The lowest BCUT2D eigenvalue weighted by atomic mass is 10.2. The lowest BCUT2D eigenvalue weighted by Gasteiger charge is -2.19. The first-order chi connectivity index (χ1) is 14.6. The molecule has 1 saturated heterocycles. The Morgan fingerprint density at radius 3 is 2.44 bits per heavy atom. The van der Waals surface area contributed by atoms with E-state index < -0.39 is 59.8 Å². The maximum atomic E-state index is 12.1. The molecule has 8 N–H and O–H groups in total. The van der Waals surface area contributed by atoms with E-state index in [1.165, 1.54) is 18.5 Å². The Morgan fingerprint density at radius 1 is 1.19 bits per heavy atom. The Bertz CT molecular complexity index is 1110. The van der Waals surface area contributed by atoms with E-state index in [2.05, 4.69) is 18.1 Å². The van der Waals surface area contributed by atoms with E-state index >= 15 is 0 Å². The molecule has 1 fully saturated rings.